The van der Waals surface area contributed by atoms with Gasteiger partial charge in [-0.25, -0.2) is 0 Å². The van der Waals surface area contributed by atoms with E-state index in [4.69, 9.17) is 5.73 Å². The molecule has 3 aromatic rings. The number of hydrogen-bond donors (Lipinski definition) is 2. The van der Waals surface area contributed by atoms with E-state index >= 15 is 0 Å². The molecule has 1 atom stereocenters. The zero-order valence-corrected chi connectivity index (χ0v) is 11.2. The van der Waals surface area contributed by atoms with Crippen LogP contribution in [-0.2, 0) is 0 Å². The minimum Gasteiger partial charge on any atom is -0.398 e. The van der Waals surface area contributed by atoms with Gasteiger partial charge in [-0.05, 0) is 42.8 Å². The highest BCUT2D eigenvalue weighted by atomic mass is 14.9. The highest BCUT2D eigenvalue weighted by Gasteiger charge is 2.09. The number of rotatable bonds is 3. The van der Waals surface area contributed by atoms with E-state index in [1.54, 1.807) is 12.4 Å². The molecule has 0 saturated heterocycles. The number of benzene rings is 1. The monoisotopic (exact) mass is 264 g/mol. The number of pyridine rings is 2. The lowest BCUT2D eigenvalue weighted by Crippen LogP contribution is -2.07. The summed E-state index contributed by atoms with van der Waals surface area (Å²) in [5, 5.41) is 4.44. The van der Waals surface area contributed by atoms with Gasteiger partial charge in [0.05, 0.1) is 17.2 Å². The molecule has 1 aromatic carbocycles. The molecule has 0 bridgehead atoms. The zero-order valence-electron chi connectivity index (χ0n) is 11.2. The van der Waals surface area contributed by atoms with Crippen molar-refractivity contribution in [3.05, 3.63) is 60.6 Å². The molecule has 2 heterocycles. The number of aromatic nitrogens is 2. The van der Waals surface area contributed by atoms with Crippen LogP contribution < -0.4 is 11.1 Å². The van der Waals surface area contributed by atoms with Gasteiger partial charge in [0.25, 0.3) is 0 Å². The standard InChI is InChI=1S/C16H16N4/c1-11(12-4-2-8-18-10-12)20-15-7-6-14(17)13-5-3-9-19-16(13)15/h2-11,20H,17H2,1H3. The van der Waals surface area contributed by atoms with E-state index in [0.29, 0.717) is 0 Å². The van der Waals surface area contributed by atoms with Crippen molar-refractivity contribution >= 4 is 22.3 Å². The number of nitrogens with one attached hydrogen (secondary N) is 1. The molecule has 0 saturated carbocycles. The Hall–Kier alpha value is -2.62. The van der Waals surface area contributed by atoms with Crippen LogP contribution in [0.15, 0.2) is 55.0 Å². The first-order valence-corrected chi connectivity index (χ1v) is 6.55. The van der Waals surface area contributed by atoms with E-state index in [1.165, 1.54) is 0 Å². The summed E-state index contributed by atoms with van der Waals surface area (Å²) in [6.07, 6.45) is 5.42. The van der Waals surface area contributed by atoms with Crippen molar-refractivity contribution < 1.29 is 0 Å². The van der Waals surface area contributed by atoms with Gasteiger partial charge in [0.15, 0.2) is 0 Å². The molecule has 3 rings (SSSR count). The van der Waals surface area contributed by atoms with Crippen molar-refractivity contribution in [2.75, 3.05) is 11.1 Å². The molecule has 4 heteroatoms. The summed E-state index contributed by atoms with van der Waals surface area (Å²) in [6.45, 7) is 2.10. The molecule has 0 aliphatic rings. The zero-order chi connectivity index (χ0) is 13.9. The molecular weight excluding hydrogens is 248 g/mol. The van der Waals surface area contributed by atoms with Gasteiger partial charge >= 0.3 is 0 Å². The summed E-state index contributed by atoms with van der Waals surface area (Å²) < 4.78 is 0. The second-order valence-electron chi connectivity index (χ2n) is 4.75. The molecule has 0 aliphatic carbocycles. The van der Waals surface area contributed by atoms with Gasteiger partial charge in [0, 0.05) is 29.7 Å². The molecule has 100 valence electrons. The fraction of sp³-hybridized carbons (Fsp3) is 0.125. The fourth-order valence-corrected chi connectivity index (χ4v) is 2.26. The largest absolute Gasteiger partial charge is 0.398 e. The SMILES string of the molecule is CC(Nc1ccc(N)c2cccnc12)c1cccnc1. The quantitative estimate of drug-likeness (QED) is 0.712. The summed E-state index contributed by atoms with van der Waals surface area (Å²) in [5.41, 5.74) is 9.74. The molecule has 3 N–H and O–H groups in total. The lowest BCUT2D eigenvalue weighted by molar-refractivity contribution is 0.877. The lowest BCUT2D eigenvalue weighted by Gasteiger charge is -2.17. The van der Waals surface area contributed by atoms with Gasteiger partial charge in [-0.15, -0.1) is 0 Å². The van der Waals surface area contributed by atoms with Gasteiger partial charge in [-0.1, -0.05) is 6.07 Å². The smallest absolute Gasteiger partial charge is 0.0954 e. The molecule has 1 unspecified atom stereocenters. The van der Waals surface area contributed by atoms with Gasteiger partial charge in [0.2, 0.25) is 0 Å². The molecule has 4 nitrogen and oxygen atoms in total. The third-order valence-electron chi connectivity index (χ3n) is 3.36. The average molecular weight is 264 g/mol. The van der Waals surface area contributed by atoms with Gasteiger partial charge in [-0.3, -0.25) is 9.97 Å². The third-order valence-corrected chi connectivity index (χ3v) is 3.36. The van der Waals surface area contributed by atoms with E-state index in [-0.39, 0.29) is 6.04 Å². The number of nitrogens with zero attached hydrogens (tertiary/aromatic N) is 2. The Bertz CT molecular complexity index is 725. The number of hydrogen-bond acceptors (Lipinski definition) is 4. The minimum absolute atomic E-state index is 0.150. The first-order chi connectivity index (χ1) is 9.75. The van der Waals surface area contributed by atoms with E-state index in [0.717, 1.165) is 27.8 Å². The Morgan fingerprint density at radius 3 is 2.75 bits per heavy atom. The predicted molar refractivity (Wildman–Crippen MR) is 82.4 cm³/mol. The molecule has 0 spiro atoms. The highest BCUT2D eigenvalue weighted by molar-refractivity contribution is 5.98. The molecule has 0 amide bonds. The van der Waals surface area contributed by atoms with E-state index in [2.05, 4.69) is 28.3 Å². The molecule has 0 fully saturated rings. The van der Waals surface area contributed by atoms with Crippen LogP contribution in [0, 0.1) is 0 Å². The van der Waals surface area contributed by atoms with Crippen LogP contribution in [0.4, 0.5) is 11.4 Å². The fourth-order valence-electron chi connectivity index (χ4n) is 2.26. The van der Waals surface area contributed by atoms with Crippen LogP contribution in [-0.4, -0.2) is 9.97 Å². The Balaban J connectivity index is 1.97. The average Bonchev–Trinajstić information content (AvgIpc) is 2.51. The van der Waals surface area contributed by atoms with Crippen LogP contribution >= 0.6 is 0 Å². The van der Waals surface area contributed by atoms with Crippen molar-refractivity contribution in [3.63, 3.8) is 0 Å². The van der Waals surface area contributed by atoms with Crippen LogP contribution in [0.25, 0.3) is 10.9 Å². The minimum atomic E-state index is 0.150. The summed E-state index contributed by atoms with van der Waals surface area (Å²) >= 11 is 0. The van der Waals surface area contributed by atoms with Crippen molar-refractivity contribution in [1.82, 2.24) is 9.97 Å². The summed E-state index contributed by atoms with van der Waals surface area (Å²) in [7, 11) is 0. The molecular formula is C16H16N4. The molecule has 0 aliphatic heterocycles. The maximum Gasteiger partial charge on any atom is 0.0954 e. The Morgan fingerprint density at radius 2 is 1.95 bits per heavy atom. The van der Waals surface area contributed by atoms with E-state index in [1.807, 2.05) is 36.5 Å². The van der Waals surface area contributed by atoms with Crippen LogP contribution in [0.3, 0.4) is 0 Å². The molecule has 0 radical (unpaired) electrons. The van der Waals surface area contributed by atoms with E-state index < -0.39 is 0 Å². The summed E-state index contributed by atoms with van der Waals surface area (Å²) in [5.74, 6) is 0. The van der Waals surface area contributed by atoms with Gasteiger partial charge in [-0.2, -0.15) is 0 Å². The number of nitrogens with two attached hydrogens (primary N) is 1. The first-order valence-electron chi connectivity index (χ1n) is 6.55. The maximum atomic E-state index is 5.99. The maximum absolute atomic E-state index is 5.99. The van der Waals surface area contributed by atoms with Gasteiger partial charge in [0.1, 0.15) is 0 Å². The lowest BCUT2D eigenvalue weighted by atomic mass is 10.1. The summed E-state index contributed by atoms with van der Waals surface area (Å²) in [4.78, 5) is 8.58. The number of fused-ring (bicyclic) bond motifs is 1. The van der Waals surface area contributed by atoms with Crippen molar-refractivity contribution in [2.45, 2.75) is 13.0 Å². The van der Waals surface area contributed by atoms with Crippen molar-refractivity contribution in [3.8, 4) is 0 Å². The first kappa shape index (κ1) is 12.4. The Morgan fingerprint density at radius 1 is 1.10 bits per heavy atom. The van der Waals surface area contributed by atoms with Crippen molar-refractivity contribution in [1.29, 1.82) is 0 Å². The topological polar surface area (TPSA) is 63.8 Å². The second kappa shape index (κ2) is 5.17. The predicted octanol–water partition coefficient (Wildman–Crippen LogP) is 3.39. The molecule has 20 heavy (non-hydrogen) atoms. The van der Waals surface area contributed by atoms with E-state index in [9.17, 15) is 0 Å². The highest BCUT2D eigenvalue weighted by Crippen LogP contribution is 2.28. The van der Waals surface area contributed by atoms with Gasteiger partial charge < -0.3 is 11.1 Å². The van der Waals surface area contributed by atoms with Crippen LogP contribution in [0.1, 0.15) is 18.5 Å². The molecule has 2 aromatic heterocycles. The number of nitrogen functional groups attached to an aromatic ring is 1. The second-order valence-corrected chi connectivity index (χ2v) is 4.75. The van der Waals surface area contributed by atoms with Crippen LogP contribution in [0.2, 0.25) is 0 Å². The third kappa shape index (κ3) is 2.28. The van der Waals surface area contributed by atoms with Crippen LogP contribution in [0.5, 0.6) is 0 Å². The normalized spacial score (nSPS) is 12.2. The summed E-state index contributed by atoms with van der Waals surface area (Å²) in [6, 6.07) is 11.9. The Kier molecular flexibility index (Phi) is 3.21. The number of anilines is 2. The Labute approximate surface area is 117 Å². The van der Waals surface area contributed by atoms with Crippen molar-refractivity contribution in [2.24, 2.45) is 0 Å².